The molecule has 4 aromatic rings. The fourth-order valence-corrected chi connectivity index (χ4v) is 5.34. The van der Waals surface area contributed by atoms with Crippen LogP contribution in [0.15, 0.2) is 97.1 Å². The molecule has 0 atom stereocenters. The molecule has 4 rings (SSSR count). The van der Waals surface area contributed by atoms with Crippen LogP contribution in [0.2, 0.25) is 0 Å². The van der Waals surface area contributed by atoms with Gasteiger partial charge in [-0.25, -0.2) is 0 Å². The highest BCUT2D eigenvalue weighted by Gasteiger charge is 2.54. The molecule has 0 aliphatic heterocycles. The SMILES string of the molecule is CN(C)c1ccc(C(O)(O)C(c2ccc(N(C)C)cc2)(c2ccc(N(C)C)cc2)c2ccc(N(C)C)cc2)cc1. The molecule has 0 aromatic heterocycles. The summed E-state index contributed by atoms with van der Waals surface area (Å²) in [5.74, 6) is -2.31. The molecule has 40 heavy (non-hydrogen) atoms. The minimum atomic E-state index is -2.31. The molecule has 2 N–H and O–H groups in total. The predicted molar refractivity (Wildman–Crippen MR) is 169 cm³/mol. The van der Waals surface area contributed by atoms with Crippen LogP contribution in [-0.4, -0.2) is 66.6 Å². The van der Waals surface area contributed by atoms with Crippen LogP contribution in [0.4, 0.5) is 22.7 Å². The normalized spacial score (nSPS) is 11.8. The summed E-state index contributed by atoms with van der Waals surface area (Å²) in [7, 11) is 15.9. The summed E-state index contributed by atoms with van der Waals surface area (Å²) in [6.07, 6.45) is 0. The maximum atomic E-state index is 12.5. The fourth-order valence-electron chi connectivity index (χ4n) is 5.34. The summed E-state index contributed by atoms with van der Waals surface area (Å²) >= 11 is 0. The number of rotatable bonds is 9. The van der Waals surface area contributed by atoms with Crippen LogP contribution < -0.4 is 19.6 Å². The van der Waals surface area contributed by atoms with E-state index in [2.05, 4.69) is 0 Å². The van der Waals surface area contributed by atoms with E-state index in [-0.39, 0.29) is 0 Å². The van der Waals surface area contributed by atoms with Crippen molar-refractivity contribution in [2.45, 2.75) is 11.2 Å². The number of hydrogen-bond acceptors (Lipinski definition) is 6. The number of benzene rings is 4. The molecule has 0 aliphatic carbocycles. The Bertz CT molecular complexity index is 1270. The molecule has 0 unspecified atom stereocenters. The Hall–Kier alpha value is -4.00. The lowest BCUT2D eigenvalue weighted by molar-refractivity contribution is -0.203. The topological polar surface area (TPSA) is 53.4 Å². The number of hydrogen-bond donors (Lipinski definition) is 2. The number of aliphatic hydroxyl groups is 2. The molecule has 6 heteroatoms. The Morgan fingerprint density at radius 1 is 0.350 bits per heavy atom. The third-order valence-electron chi connectivity index (χ3n) is 7.76. The van der Waals surface area contributed by atoms with Crippen LogP contribution >= 0.6 is 0 Å². The van der Waals surface area contributed by atoms with Gasteiger partial charge in [-0.05, 0) is 65.2 Å². The second-order valence-electron chi connectivity index (χ2n) is 11.2. The maximum Gasteiger partial charge on any atom is 0.208 e. The Labute approximate surface area is 239 Å². The van der Waals surface area contributed by atoms with Gasteiger partial charge in [0.1, 0.15) is 5.41 Å². The lowest BCUT2D eigenvalue weighted by Gasteiger charge is -2.46. The van der Waals surface area contributed by atoms with Gasteiger partial charge in [0, 0.05) is 84.7 Å². The Balaban J connectivity index is 2.09. The highest BCUT2D eigenvalue weighted by atomic mass is 16.5. The van der Waals surface area contributed by atoms with Gasteiger partial charge in [-0.2, -0.15) is 0 Å². The largest absolute Gasteiger partial charge is 0.378 e. The second kappa shape index (κ2) is 11.2. The number of nitrogens with zero attached hydrogens (tertiary/aromatic N) is 4. The van der Waals surface area contributed by atoms with E-state index in [1.807, 2.05) is 161 Å². The fraction of sp³-hybridized carbons (Fsp3) is 0.294. The Kier molecular flexibility index (Phi) is 8.15. The zero-order valence-electron chi connectivity index (χ0n) is 24.9. The summed E-state index contributed by atoms with van der Waals surface area (Å²) < 4.78 is 0. The quantitative estimate of drug-likeness (QED) is 0.228. The summed E-state index contributed by atoms with van der Waals surface area (Å²) in [5, 5.41) is 25.1. The minimum Gasteiger partial charge on any atom is -0.378 e. The first kappa shape index (κ1) is 29.0. The Morgan fingerprint density at radius 2 is 0.550 bits per heavy atom. The van der Waals surface area contributed by atoms with E-state index in [1.54, 1.807) is 12.1 Å². The monoisotopic (exact) mass is 538 g/mol. The first-order valence-corrected chi connectivity index (χ1v) is 13.5. The van der Waals surface area contributed by atoms with E-state index in [0.717, 1.165) is 39.4 Å². The minimum absolute atomic E-state index is 0.406. The summed E-state index contributed by atoms with van der Waals surface area (Å²) in [6.45, 7) is 0. The van der Waals surface area contributed by atoms with Crippen LogP contribution in [0.3, 0.4) is 0 Å². The lowest BCUT2D eigenvalue weighted by atomic mass is 9.62. The molecule has 6 nitrogen and oxygen atoms in total. The summed E-state index contributed by atoms with van der Waals surface area (Å²) in [5.41, 5.74) is 5.43. The van der Waals surface area contributed by atoms with Gasteiger partial charge in [0.05, 0.1) is 0 Å². The molecule has 4 aromatic carbocycles. The van der Waals surface area contributed by atoms with E-state index >= 15 is 0 Å². The summed E-state index contributed by atoms with van der Waals surface area (Å²) in [4.78, 5) is 8.10. The van der Waals surface area contributed by atoms with Crippen molar-refractivity contribution >= 4 is 22.7 Å². The zero-order chi connectivity index (χ0) is 29.2. The number of anilines is 4. The zero-order valence-corrected chi connectivity index (χ0v) is 24.9. The lowest BCUT2D eigenvalue weighted by Crippen LogP contribution is -2.51. The van der Waals surface area contributed by atoms with E-state index < -0.39 is 11.2 Å². The first-order chi connectivity index (χ1) is 18.9. The molecule has 0 heterocycles. The van der Waals surface area contributed by atoms with Crippen LogP contribution in [-0.2, 0) is 11.2 Å². The molecule has 0 aliphatic rings. The van der Waals surface area contributed by atoms with Crippen LogP contribution in [0.25, 0.3) is 0 Å². The van der Waals surface area contributed by atoms with Crippen molar-refractivity contribution in [3.63, 3.8) is 0 Å². The van der Waals surface area contributed by atoms with E-state index in [9.17, 15) is 10.2 Å². The van der Waals surface area contributed by atoms with Crippen molar-refractivity contribution in [3.8, 4) is 0 Å². The van der Waals surface area contributed by atoms with E-state index in [4.69, 9.17) is 0 Å². The van der Waals surface area contributed by atoms with Gasteiger partial charge in [-0.15, -0.1) is 0 Å². The van der Waals surface area contributed by atoms with Gasteiger partial charge in [-0.1, -0.05) is 48.5 Å². The molecule has 0 bridgehead atoms. The average molecular weight is 539 g/mol. The van der Waals surface area contributed by atoms with Gasteiger partial charge < -0.3 is 29.8 Å². The van der Waals surface area contributed by atoms with Crippen LogP contribution in [0, 0.1) is 0 Å². The molecule has 0 saturated heterocycles. The van der Waals surface area contributed by atoms with Crippen molar-refractivity contribution in [2.75, 3.05) is 76.0 Å². The highest BCUT2D eigenvalue weighted by Crippen LogP contribution is 2.51. The van der Waals surface area contributed by atoms with Gasteiger partial charge in [0.2, 0.25) is 5.79 Å². The van der Waals surface area contributed by atoms with Crippen molar-refractivity contribution in [1.82, 2.24) is 0 Å². The molecule has 0 spiro atoms. The molecular formula is C34H42N4O2. The van der Waals surface area contributed by atoms with E-state index in [0.29, 0.717) is 5.56 Å². The Morgan fingerprint density at radius 3 is 0.750 bits per heavy atom. The summed E-state index contributed by atoms with van der Waals surface area (Å²) in [6, 6.07) is 31.6. The second-order valence-corrected chi connectivity index (χ2v) is 11.2. The third-order valence-corrected chi connectivity index (χ3v) is 7.76. The van der Waals surface area contributed by atoms with Gasteiger partial charge in [0.25, 0.3) is 0 Å². The van der Waals surface area contributed by atoms with Gasteiger partial charge in [0.15, 0.2) is 0 Å². The van der Waals surface area contributed by atoms with Crippen LogP contribution in [0.1, 0.15) is 22.3 Å². The molecule has 210 valence electrons. The molecule has 0 fully saturated rings. The van der Waals surface area contributed by atoms with E-state index in [1.165, 1.54) is 0 Å². The maximum absolute atomic E-state index is 12.5. The van der Waals surface area contributed by atoms with Crippen molar-refractivity contribution in [1.29, 1.82) is 0 Å². The third kappa shape index (κ3) is 5.12. The molecule has 0 radical (unpaired) electrons. The average Bonchev–Trinajstić information content (AvgIpc) is 2.94. The highest BCUT2D eigenvalue weighted by molar-refractivity contribution is 5.62. The van der Waals surface area contributed by atoms with Crippen molar-refractivity contribution in [2.24, 2.45) is 0 Å². The molecule has 0 amide bonds. The molecule has 0 saturated carbocycles. The first-order valence-electron chi connectivity index (χ1n) is 13.5. The predicted octanol–water partition coefficient (Wildman–Crippen LogP) is 5.12. The molecular weight excluding hydrogens is 496 g/mol. The van der Waals surface area contributed by atoms with Crippen molar-refractivity contribution in [3.05, 3.63) is 119 Å². The van der Waals surface area contributed by atoms with Gasteiger partial charge in [-0.3, -0.25) is 0 Å². The van der Waals surface area contributed by atoms with Gasteiger partial charge >= 0.3 is 0 Å². The van der Waals surface area contributed by atoms with Crippen molar-refractivity contribution < 1.29 is 10.2 Å². The smallest absolute Gasteiger partial charge is 0.208 e. The standard InChI is InChI=1S/C34H42N4O2/c1-35(2)29-17-9-25(10-18-29)33(26-11-19-30(20-12-26)36(3)4,27-13-21-31(22-14-27)37(5)6)34(39,40)28-15-23-32(24-16-28)38(7)8/h9-24,39-40H,1-8H3. The van der Waals surface area contributed by atoms with Crippen LogP contribution in [0.5, 0.6) is 0 Å².